The molecular weight excluding hydrogens is 651 g/mol. The molecule has 0 N–H and O–H groups in total. The van der Waals surface area contributed by atoms with Crippen molar-refractivity contribution in [1.29, 1.82) is 0 Å². The van der Waals surface area contributed by atoms with Gasteiger partial charge in [-0.15, -0.1) is 21.5 Å². The number of aromatic nitrogens is 3. The summed E-state index contributed by atoms with van der Waals surface area (Å²) in [6.45, 7) is 8.97. The average molecular weight is 692 g/mol. The van der Waals surface area contributed by atoms with Gasteiger partial charge in [-0.25, -0.2) is 0 Å². The molecule has 2 unspecified atom stereocenters. The van der Waals surface area contributed by atoms with Crippen molar-refractivity contribution in [3.8, 4) is 39.3 Å². The van der Waals surface area contributed by atoms with E-state index in [4.69, 9.17) is 10.2 Å². The molecule has 254 valence electrons. The van der Waals surface area contributed by atoms with Crippen LogP contribution < -0.4 is 0 Å². The van der Waals surface area contributed by atoms with Gasteiger partial charge in [0.15, 0.2) is 11.6 Å². The molecule has 0 aliphatic heterocycles. The highest BCUT2D eigenvalue weighted by Crippen LogP contribution is 2.49. The maximum Gasteiger partial charge on any atom is 0.168 e. The van der Waals surface area contributed by atoms with Crippen LogP contribution in [0.15, 0.2) is 133 Å². The summed E-state index contributed by atoms with van der Waals surface area (Å²) in [7, 11) is 0. The number of rotatable bonds is 6. The number of para-hydroxylation sites is 1. The summed E-state index contributed by atoms with van der Waals surface area (Å²) in [4.78, 5) is 1.48. The smallest absolute Gasteiger partial charge is 0.168 e. The third-order valence-electron chi connectivity index (χ3n) is 10.8. The largest absolute Gasteiger partial charge is 0.275 e. The van der Waals surface area contributed by atoms with Gasteiger partial charge >= 0.3 is 0 Å². The maximum atomic E-state index is 4.82. The number of hydrogen-bond donors (Lipinski definition) is 0. The highest BCUT2D eigenvalue weighted by atomic mass is 32.1. The summed E-state index contributed by atoms with van der Waals surface area (Å²) in [5.41, 5.74) is 15.0. The average Bonchev–Trinajstić information content (AvgIpc) is 3.78. The van der Waals surface area contributed by atoms with E-state index in [0.29, 0.717) is 11.8 Å². The van der Waals surface area contributed by atoms with E-state index in [-0.39, 0.29) is 0 Å². The van der Waals surface area contributed by atoms with Crippen LogP contribution >= 0.6 is 11.3 Å². The number of nitrogens with zero attached hydrogens (tertiary/aromatic N) is 3. The molecule has 0 saturated heterocycles. The van der Waals surface area contributed by atoms with Crippen LogP contribution in [0.2, 0.25) is 0 Å². The zero-order valence-electron chi connectivity index (χ0n) is 30.1. The molecule has 3 nitrogen and oxygen atoms in total. The van der Waals surface area contributed by atoms with Crippen LogP contribution in [0.3, 0.4) is 0 Å². The van der Waals surface area contributed by atoms with E-state index in [1.54, 1.807) is 0 Å². The van der Waals surface area contributed by atoms with Gasteiger partial charge in [0.05, 0.1) is 0 Å². The first kappa shape index (κ1) is 32.3. The molecule has 0 spiro atoms. The van der Waals surface area contributed by atoms with E-state index in [0.717, 1.165) is 35.7 Å². The van der Waals surface area contributed by atoms with Gasteiger partial charge < -0.3 is 0 Å². The summed E-state index contributed by atoms with van der Waals surface area (Å²) < 4.78 is 3.57. The van der Waals surface area contributed by atoms with Crippen LogP contribution in [0, 0.1) is 19.8 Å². The van der Waals surface area contributed by atoms with Crippen molar-refractivity contribution in [1.82, 2.24) is 14.8 Å². The Morgan fingerprint density at radius 2 is 1.31 bits per heavy atom. The number of allylic oxidation sites excluding steroid dienone is 5. The van der Waals surface area contributed by atoms with Crippen molar-refractivity contribution in [2.45, 2.75) is 46.5 Å². The van der Waals surface area contributed by atoms with Gasteiger partial charge in [0.25, 0.3) is 0 Å². The van der Waals surface area contributed by atoms with Crippen LogP contribution in [-0.4, -0.2) is 14.8 Å². The molecule has 0 radical (unpaired) electrons. The zero-order chi connectivity index (χ0) is 35.3. The van der Waals surface area contributed by atoms with E-state index in [1.165, 1.54) is 70.6 Å². The lowest BCUT2D eigenvalue weighted by atomic mass is 9.85. The Hall–Kier alpha value is -5.58. The number of aryl methyl sites for hydroxylation is 2. The lowest BCUT2D eigenvalue weighted by molar-refractivity contribution is 0.744. The van der Waals surface area contributed by atoms with Crippen LogP contribution in [0.4, 0.5) is 0 Å². The van der Waals surface area contributed by atoms with Crippen molar-refractivity contribution in [3.63, 3.8) is 0 Å². The first-order valence-corrected chi connectivity index (χ1v) is 19.2. The highest BCUT2D eigenvalue weighted by Gasteiger charge is 2.26. The third-order valence-corrected chi connectivity index (χ3v) is 12.3. The van der Waals surface area contributed by atoms with E-state index in [1.807, 2.05) is 11.3 Å². The van der Waals surface area contributed by atoms with Gasteiger partial charge in [0.1, 0.15) is 0 Å². The van der Waals surface area contributed by atoms with Crippen molar-refractivity contribution in [2.24, 2.45) is 5.92 Å². The molecule has 4 heteroatoms. The van der Waals surface area contributed by atoms with E-state index in [9.17, 15) is 0 Å². The predicted octanol–water partition coefficient (Wildman–Crippen LogP) is 13.1. The Kier molecular flexibility index (Phi) is 8.20. The molecule has 0 fully saturated rings. The van der Waals surface area contributed by atoms with Crippen LogP contribution in [0.25, 0.3) is 66.6 Å². The fourth-order valence-electron chi connectivity index (χ4n) is 7.82. The quantitative estimate of drug-likeness (QED) is 0.174. The Bertz CT molecular complexity index is 2530. The fraction of sp³-hybridized carbons (Fsp3) is 0.167. The van der Waals surface area contributed by atoms with Crippen molar-refractivity contribution in [3.05, 3.63) is 166 Å². The molecule has 9 rings (SSSR count). The van der Waals surface area contributed by atoms with E-state index >= 15 is 0 Å². The summed E-state index contributed by atoms with van der Waals surface area (Å²) in [5, 5.41) is 11.0. The van der Waals surface area contributed by atoms with Crippen molar-refractivity contribution >= 4 is 38.6 Å². The predicted molar refractivity (Wildman–Crippen MR) is 221 cm³/mol. The van der Waals surface area contributed by atoms with Crippen molar-refractivity contribution < 1.29 is 0 Å². The Morgan fingerprint density at radius 3 is 2.02 bits per heavy atom. The number of fused-ring (bicyclic) bond motifs is 3. The first-order chi connectivity index (χ1) is 25.4. The highest BCUT2D eigenvalue weighted by molar-refractivity contribution is 7.20. The van der Waals surface area contributed by atoms with Gasteiger partial charge in [0, 0.05) is 37.4 Å². The lowest BCUT2D eigenvalue weighted by Crippen LogP contribution is -2.08. The molecule has 2 aliphatic rings. The summed E-state index contributed by atoms with van der Waals surface area (Å²) in [6.07, 6.45) is 11.1. The number of hydrogen-bond acceptors (Lipinski definition) is 3. The molecule has 52 heavy (non-hydrogen) atoms. The van der Waals surface area contributed by atoms with Crippen LogP contribution in [0.5, 0.6) is 0 Å². The molecule has 0 saturated carbocycles. The lowest BCUT2D eigenvalue weighted by Gasteiger charge is -2.20. The van der Waals surface area contributed by atoms with Crippen molar-refractivity contribution in [2.75, 3.05) is 0 Å². The Balaban J connectivity index is 1.19. The zero-order valence-corrected chi connectivity index (χ0v) is 30.9. The molecule has 0 amide bonds. The van der Waals surface area contributed by atoms with Crippen LogP contribution in [-0.2, 0) is 0 Å². The second kappa shape index (κ2) is 13.2. The minimum absolute atomic E-state index is 0.372. The van der Waals surface area contributed by atoms with Gasteiger partial charge in [-0.3, -0.25) is 4.57 Å². The normalized spacial score (nSPS) is 16.8. The van der Waals surface area contributed by atoms with Gasteiger partial charge in [-0.05, 0) is 102 Å². The molecule has 2 heterocycles. The molecule has 2 aromatic heterocycles. The molecular formula is C48H41N3S. The second-order valence-electron chi connectivity index (χ2n) is 14.6. The summed E-state index contributed by atoms with van der Waals surface area (Å²) in [5.74, 6) is 2.58. The Labute approximate surface area is 310 Å². The van der Waals surface area contributed by atoms with Gasteiger partial charge in [-0.1, -0.05) is 134 Å². The maximum absolute atomic E-state index is 4.82. The van der Waals surface area contributed by atoms with E-state index < -0.39 is 0 Å². The monoisotopic (exact) mass is 691 g/mol. The number of thiophene rings is 1. The molecule has 7 aromatic rings. The van der Waals surface area contributed by atoms with Gasteiger partial charge in [-0.2, -0.15) is 0 Å². The molecule has 2 aliphatic carbocycles. The minimum atomic E-state index is 0.372. The fourth-order valence-corrected chi connectivity index (χ4v) is 9.17. The third kappa shape index (κ3) is 5.78. The topological polar surface area (TPSA) is 30.7 Å². The SMILES string of the molecule is Cc1ccc(C2=Cc3c(sc4c(-c5ccc(-c6nnc(C7=CC=CCC7C)n6-c6ccccc6)cc5)cc(-c5ccc(C)cc5)cc34)C(C)C2)cc1. The second-order valence-corrected chi connectivity index (χ2v) is 15.6. The Morgan fingerprint density at radius 1 is 0.654 bits per heavy atom. The molecule has 2 atom stereocenters. The summed E-state index contributed by atoms with van der Waals surface area (Å²) in [6, 6.07) is 42.3. The van der Waals surface area contributed by atoms with Gasteiger partial charge in [0.2, 0.25) is 0 Å². The van der Waals surface area contributed by atoms with E-state index in [2.05, 4.69) is 172 Å². The minimum Gasteiger partial charge on any atom is -0.275 e. The van der Waals surface area contributed by atoms with Crippen LogP contribution in [0.1, 0.15) is 65.6 Å². The molecule has 0 bridgehead atoms. The molecule has 5 aromatic carbocycles. The number of benzene rings is 5. The summed E-state index contributed by atoms with van der Waals surface area (Å²) >= 11 is 1.97. The standard InChI is InChI=1S/C48H41N3S/c1-30-14-18-34(19-15-30)38-26-33(4)45-43(28-38)44-29-39(35-20-16-31(2)17-21-35)27-42(46(44)52-45)36-22-24-37(25-23-36)47-49-50-48(41-13-9-8-10-32(41)3)51(47)40-11-6-5-7-12-40/h5-9,11-25,27-29,32-33H,10,26H2,1-4H3. The first-order valence-electron chi connectivity index (χ1n) is 18.3.